The van der Waals surface area contributed by atoms with Crippen LogP contribution in [0.1, 0.15) is 5.56 Å². The largest absolute Gasteiger partial charge is 0.433 e. The number of para-hydroxylation sites is 1. The van der Waals surface area contributed by atoms with Gasteiger partial charge in [-0.3, -0.25) is 4.79 Å². The summed E-state index contributed by atoms with van der Waals surface area (Å²) in [6.07, 6.45) is 7.99. The van der Waals surface area contributed by atoms with Gasteiger partial charge in [-0.25, -0.2) is 9.97 Å². The molecule has 4 rings (SSSR count). The minimum absolute atomic E-state index is 0.118. The number of hydrogen-bond acceptors (Lipinski definition) is 7. The summed E-state index contributed by atoms with van der Waals surface area (Å²) in [5.74, 6) is -0.345. The van der Waals surface area contributed by atoms with Crippen LogP contribution in [0.3, 0.4) is 0 Å². The third-order valence-electron chi connectivity index (χ3n) is 6.62. The van der Waals surface area contributed by atoms with Crippen LogP contribution in [0.15, 0.2) is 73.6 Å². The van der Waals surface area contributed by atoms with Gasteiger partial charge in [0.05, 0.1) is 22.8 Å². The van der Waals surface area contributed by atoms with Crippen LogP contribution in [-0.4, -0.2) is 66.2 Å². The molecule has 2 aromatic heterocycles. The number of anilines is 4. The number of aryl methyl sites for hydroxylation is 2. The predicted octanol–water partition coefficient (Wildman–Crippen LogP) is 5.97. The molecule has 1 amide bonds. The highest BCUT2D eigenvalue weighted by atomic mass is 19.3. The van der Waals surface area contributed by atoms with Crippen molar-refractivity contribution in [1.29, 1.82) is 0 Å². The quantitative estimate of drug-likeness (QED) is 0.159. The van der Waals surface area contributed by atoms with Gasteiger partial charge in [0.15, 0.2) is 5.75 Å². The Balaban J connectivity index is 1.79. The Labute approximate surface area is 244 Å². The van der Waals surface area contributed by atoms with E-state index in [1.807, 2.05) is 79.9 Å². The van der Waals surface area contributed by atoms with Crippen LogP contribution >= 0.6 is 0 Å². The van der Waals surface area contributed by atoms with Gasteiger partial charge in [-0.2, -0.15) is 8.78 Å². The van der Waals surface area contributed by atoms with E-state index in [1.165, 1.54) is 24.3 Å². The van der Waals surface area contributed by atoms with Crippen molar-refractivity contribution in [2.24, 2.45) is 7.05 Å². The molecule has 0 fully saturated rings. The van der Waals surface area contributed by atoms with Crippen molar-refractivity contribution < 1.29 is 18.3 Å². The summed E-state index contributed by atoms with van der Waals surface area (Å²) >= 11 is 0. The third kappa shape index (κ3) is 7.10. The first-order valence-corrected chi connectivity index (χ1v) is 13.3. The molecule has 0 atom stereocenters. The Morgan fingerprint density at radius 2 is 1.93 bits per heavy atom. The average Bonchev–Trinajstić information content (AvgIpc) is 3.28. The lowest BCUT2D eigenvalue weighted by Gasteiger charge is -2.26. The van der Waals surface area contributed by atoms with Crippen molar-refractivity contribution in [3.05, 3.63) is 79.2 Å². The molecule has 0 aliphatic carbocycles. The normalized spacial score (nSPS) is 11.5. The second-order valence-corrected chi connectivity index (χ2v) is 10.1. The van der Waals surface area contributed by atoms with E-state index in [0.29, 0.717) is 30.2 Å². The first-order valence-electron chi connectivity index (χ1n) is 13.3. The summed E-state index contributed by atoms with van der Waals surface area (Å²) in [4.78, 5) is 25.6. The number of carbonyl (C=O) groups is 1. The fourth-order valence-electron chi connectivity index (χ4n) is 4.50. The van der Waals surface area contributed by atoms with E-state index in [0.717, 1.165) is 22.0 Å². The van der Waals surface area contributed by atoms with Gasteiger partial charge in [0.1, 0.15) is 0 Å². The van der Waals surface area contributed by atoms with Gasteiger partial charge >= 0.3 is 6.61 Å². The summed E-state index contributed by atoms with van der Waals surface area (Å²) in [6, 6.07) is 11.0. The number of carbonyl (C=O) groups excluding carboxylic acids is 1. The maximum absolute atomic E-state index is 13.6. The third-order valence-corrected chi connectivity index (χ3v) is 6.62. The fraction of sp³-hybridized carbons (Fsp3) is 0.258. The lowest BCUT2D eigenvalue weighted by Crippen LogP contribution is -2.29. The SMILES string of the molecule is C=C/C=C\C(=O)Nc1cc(Nc2ncc(C)c(-c3cn(C)c4ccccc34)n2)c(OC(F)F)cc1N(C)CCN(C)C. The number of nitrogens with one attached hydrogen (secondary N) is 2. The smallest absolute Gasteiger partial charge is 0.387 e. The summed E-state index contributed by atoms with van der Waals surface area (Å²) in [7, 11) is 7.64. The van der Waals surface area contributed by atoms with Gasteiger partial charge < -0.3 is 29.7 Å². The number of likely N-dealkylation sites (N-methyl/N-ethyl adjacent to an activating group) is 2. The summed E-state index contributed by atoms with van der Waals surface area (Å²) in [6.45, 7) is 3.68. The molecule has 4 aromatic rings. The Bertz CT molecular complexity index is 1610. The van der Waals surface area contributed by atoms with Gasteiger partial charge in [0, 0.05) is 68.2 Å². The first-order chi connectivity index (χ1) is 20.1. The molecule has 220 valence electrons. The van der Waals surface area contributed by atoms with Gasteiger partial charge in [-0.1, -0.05) is 36.9 Å². The highest BCUT2D eigenvalue weighted by Gasteiger charge is 2.20. The van der Waals surface area contributed by atoms with E-state index in [9.17, 15) is 13.6 Å². The predicted molar refractivity (Wildman–Crippen MR) is 165 cm³/mol. The maximum Gasteiger partial charge on any atom is 0.387 e. The number of hydrogen-bond donors (Lipinski definition) is 2. The molecule has 11 heteroatoms. The first kappa shape index (κ1) is 30.2. The Morgan fingerprint density at radius 1 is 1.17 bits per heavy atom. The zero-order valence-corrected chi connectivity index (χ0v) is 24.4. The highest BCUT2D eigenvalue weighted by molar-refractivity contribution is 6.02. The van der Waals surface area contributed by atoms with Crippen LogP contribution in [0.25, 0.3) is 22.2 Å². The minimum Gasteiger partial charge on any atom is -0.433 e. The Hall–Kier alpha value is -4.77. The Kier molecular flexibility index (Phi) is 9.53. The number of benzene rings is 2. The number of aromatic nitrogens is 3. The van der Waals surface area contributed by atoms with Crippen molar-refractivity contribution in [3.63, 3.8) is 0 Å². The summed E-state index contributed by atoms with van der Waals surface area (Å²) in [5.41, 5.74) is 4.56. The molecule has 0 bridgehead atoms. The maximum atomic E-state index is 13.6. The molecular weight excluding hydrogens is 540 g/mol. The van der Waals surface area contributed by atoms with Crippen molar-refractivity contribution in [2.75, 3.05) is 49.8 Å². The van der Waals surface area contributed by atoms with Crippen molar-refractivity contribution in [3.8, 4) is 17.0 Å². The van der Waals surface area contributed by atoms with Gasteiger partial charge in [0.25, 0.3) is 0 Å². The lowest BCUT2D eigenvalue weighted by molar-refractivity contribution is -0.111. The molecule has 0 saturated heterocycles. The molecule has 0 aliphatic rings. The number of halogens is 2. The van der Waals surface area contributed by atoms with Crippen molar-refractivity contribution >= 4 is 39.8 Å². The second kappa shape index (κ2) is 13.3. The molecular formula is C31H35F2N7O2. The average molecular weight is 576 g/mol. The second-order valence-electron chi connectivity index (χ2n) is 10.1. The zero-order chi connectivity index (χ0) is 30.4. The van der Waals surface area contributed by atoms with E-state index < -0.39 is 12.5 Å². The van der Waals surface area contributed by atoms with E-state index in [4.69, 9.17) is 9.72 Å². The number of ether oxygens (including phenoxy) is 1. The molecule has 0 unspecified atom stereocenters. The van der Waals surface area contributed by atoms with Crippen LogP contribution in [0, 0.1) is 6.92 Å². The molecule has 0 spiro atoms. The standard InChI is InChI=1S/C31H35F2N7O2/c1-7-8-13-28(41)35-23-16-24(27(42-30(32)33)17-26(23)39(5)15-14-38(3)4)36-31-34-18-20(2)29(37-31)22-19-40(6)25-12-10-9-11-21(22)25/h7-13,16-19,30H,1,14-15H2,2-6H3,(H,35,41)(H,34,36,37)/b13-8-. The lowest BCUT2D eigenvalue weighted by atomic mass is 10.1. The van der Waals surface area contributed by atoms with Gasteiger partial charge in [-0.05, 0) is 38.7 Å². The zero-order valence-electron chi connectivity index (χ0n) is 24.4. The molecule has 2 heterocycles. The van der Waals surface area contributed by atoms with Gasteiger partial charge in [0.2, 0.25) is 11.9 Å². The van der Waals surface area contributed by atoms with Crippen LogP contribution in [0.2, 0.25) is 0 Å². The molecule has 2 N–H and O–H groups in total. The van der Waals surface area contributed by atoms with E-state index >= 15 is 0 Å². The number of alkyl halides is 2. The monoisotopic (exact) mass is 575 g/mol. The highest BCUT2D eigenvalue weighted by Crippen LogP contribution is 2.39. The van der Waals surface area contributed by atoms with E-state index in [1.54, 1.807) is 12.3 Å². The van der Waals surface area contributed by atoms with Crippen molar-refractivity contribution in [1.82, 2.24) is 19.4 Å². The number of rotatable bonds is 12. The van der Waals surface area contributed by atoms with Crippen LogP contribution < -0.4 is 20.3 Å². The number of nitrogens with zero attached hydrogens (tertiary/aromatic N) is 5. The molecule has 0 radical (unpaired) electrons. The molecule has 42 heavy (non-hydrogen) atoms. The molecule has 0 saturated carbocycles. The van der Waals surface area contributed by atoms with E-state index in [-0.39, 0.29) is 17.4 Å². The van der Waals surface area contributed by atoms with Crippen LogP contribution in [0.5, 0.6) is 5.75 Å². The van der Waals surface area contributed by atoms with Gasteiger partial charge in [-0.15, -0.1) is 0 Å². The minimum atomic E-state index is -3.08. The Morgan fingerprint density at radius 3 is 2.64 bits per heavy atom. The molecule has 2 aromatic carbocycles. The van der Waals surface area contributed by atoms with Crippen LogP contribution in [-0.2, 0) is 11.8 Å². The number of allylic oxidation sites excluding steroid dienone is 2. The molecule has 9 nitrogen and oxygen atoms in total. The number of fused-ring (bicyclic) bond motifs is 1. The number of amides is 1. The van der Waals surface area contributed by atoms with Crippen molar-refractivity contribution in [2.45, 2.75) is 13.5 Å². The summed E-state index contributed by atoms with van der Waals surface area (Å²) < 4.78 is 34.1. The van der Waals surface area contributed by atoms with E-state index in [2.05, 4.69) is 22.2 Å². The molecule has 0 aliphatic heterocycles. The summed E-state index contributed by atoms with van der Waals surface area (Å²) in [5, 5.41) is 6.90. The fourth-order valence-corrected chi connectivity index (χ4v) is 4.50. The topological polar surface area (TPSA) is 87.5 Å². The van der Waals surface area contributed by atoms with Crippen LogP contribution in [0.4, 0.5) is 31.8 Å².